The molecule has 0 atom stereocenters. The summed E-state index contributed by atoms with van der Waals surface area (Å²) in [6.45, 7) is 13.0. The van der Waals surface area contributed by atoms with Gasteiger partial charge in [-0.15, -0.1) is 0 Å². The lowest BCUT2D eigenvalue weighted by atomic mass is 10.1. The van der Waals surface area contributed by atoms with Crippen LogP contribution in [0.3, 0.4) is 0 Å². The van der Waals surface area contributed by atoms with Crippen molar-refractivity contribution < 1.29 is 4.74 Å². The van der Waals surface area contributed by atoms with E-state index in [9.17, 15) is 0 Å². The zero-order valence-electron chi connectivity index (χ0n) is 19.2. The monoisotopic (exact) mass is 455 g/mol. The van der Waals surface area contributed by atoms with E-state index in [0.29, 0.717) is 24.3 Å². The van der Waals surface area contributed by atoms with E-state index in [1.165, 1.54) is 5.69 Å². The molecule has 0 radical (unpaired) electrons. The Bertz CT molecular complexity index is 904. The van der Waals surface area contributed by atoms with Gasteiger partial charge in [-0.05, 0) is 45.1 Å². The summed E-state index contributed by atoms with van der Waals surface area (Å²) in [6, 6.07) is 12.7. The summed E-state index contributed by atoms with van der Waals surface area (Å²) in [6.07, 6.45) is 0. The summed E-state index contributed by atoms with van der Waals surface area (Å²) in [5.74, 6) is 2.36. The van der Waals surface area contributed by atoms with Crippen molar-refractivity contribution >= 4 is 40.6 Å². The molecule has 2 saturated heterocycles. The molecule has 3 heterocycles. The minimum atomic E-state index is -0.136. The molecule has 9 heteroatoms. The third kappa shape index (κ3) is 5.98. The first kappa shape index (κ1) is 22.5. The molecule has 2 aromatic rings. The smallest absolute Gasteiger partial charge is 0.232 e. The van der Waals surface area contributed by atoms with Gasteiger partial charge in [0.1, 0.15) is 11.6 Å². The predicted octanol–water partition coefficient (Wildman–Crippen LogP) is 2.72. The highest BCUT2D eigenvalue weighted by Gasteiger charge is 2.22. The van der Waals surface area contributed by atoms with Gasteiger partial charge < -0.3 is 30.1 Å². The number of para-hydroxylation sites is 1. The Morgan fingerprint density at radius 1 is 0.875 bits per heavy atom. The lowest BCUT2D eigenvalue weighted by molar-refractivity contribution is 0.122. The number of benzene rings is 1. The first-order chi connectivity index (χ1) is 15.4. The van der Waals surface area contributed by atoms with E-state index in [1.807, 2.05) is 0 Å². The van der Waals surface area contributed by atoms with Gasteiger partial charge in [0.2, 0.25) is 5.95 Å². The van der Waals surface area contributed by atoms with Crippen molar-refractivity contribution in [1.82, 2.24) is 15.3 Å². The van der Waals surface area contributed by atoms with Gasteiger partial charge in [-0.2, -0.15) is 9.97 Å². The number of rotatable bonds is 4. The van der Waals surface area contributed by atoms with Crippen molar-refractivity contribution in [1.29, 1.82) is 0 Å². The average Bonchev–Trinajstić information content (AvgIpc) is 2.79. The van der Waals surface area contributed by atoms with E-state index in [1.54, 1.807) is 0 Å². The third-order valence-electron chi connectivity index (χ3n) is 5.47. The van der Waals surface area contributed by atoms with Crippen molar-refractivity contribution in [2.45, 2.75) is 26.3 Å². The van der Waals surface area contributed by atoms with Gasteiger partial charge in [-0.25, -0.2) is 0 Å². The van der Waals surface area contributed by atoms with Gasteiger partial charge in [0, 0.05) is 56.6 Å². The topological polar surface area (TPSA) is 68.8 Å². The third-order valence-corrected chi connectivity index (χ3v) is 5.68. The first-order valence-electron chi connectivity index (χ1n) is 11.2. The first-order valence-corrected chi connectivity index (χ1v) is 11.6. The van der Waals surface area contributed by atoms with Crippen LogP contribution in [0.2, 0.25) is 0 Å². The number of piperazine rings is 1. The fraction of sp³-hybridized carbons (Fsp3) is 0.522. The van der Waals surface area contributed by atoms with Crippen LogP contribution in [0.5, 0.6) is 0 Å². The quantitative estimate of drug-likeness (QED) is 0.677. The summed E-state index contributed by atoms with van der Waals surface area (Å²) in [4.78, 5) is 16.6. The molecule has 2 aliphatic rings. The minimum Gasteiger partial charge on any atom is -0.378 e. The Balaban J connectivity index is 1.52. The molecule has 172 valence electrons. The second kappa shape index (κ2) is 9.87. The minimum absolute atomic E-state index is 0.136. The summed E-state index contributed by atoms with van der Waals surface area (Å²) < 4.78 is 5.52. The van der Waals surface area contributed by atoms with E-state index < -0.39 is 0 Å². The molecule has 8 nitrogen and oxygen atoms in total. The maximum atomic E-state index is 5.52. The van der Waals surface area contributed by atoms with Crippen LogP contribution in [0.1, 0.15) is 20.8 Å². The number of ether oxygens (including phenoxy) is 1. The summed E-state index contributed by atoms with van der Waals surface area (Å²) >= 11 is 5.50. The SMILES string of the molecule is CC(C)(C)NC(=S)Nc1nc(N2CCOCC2)cc(N2CCN(c3ccccc3)CC2)n1. The summed E-state index contributed by atoms with van der Waals surface area (Å²) in [5.41, 5.74) is 1.13. The number of morpholine rings is 1. The zero-order chi connectivity index (χ0) is 22.6. The Labute approximate surface area is 196 Å². The fourth-order valence-electron chi connectivity index (χ4n) is 3.90. The van der Waals surface area contributed by atoms with Gasteiger partial charge in [-0.1, -0.05) is 18.2 Å². The molecule has 0 amide bonds. The molecule has 4 rings (SSSR count). The predicted molar refractivity (Wildman–Crippen MR) is 135 cm³/mol. The second-order valence-electron chi connectivity index (χ2n) is 9.15. The van der Waals surface area contributed by atoms with Crippen molar-refractivity contribution in [2.24, 2.45) is 0 Å². The largest absolute Gasteiger partial charge is 0.378 e. The van der Waals surface area contributed by atoms with Crippen LogP contribution in [-0.4, -0.2) is 73.1 Å². The standard InChI is InChI=1S/C23H33N7OS/c1-23(2,3)27-22(32)26-21-24-19(17-20(25-21)30-13-15-31-16-14-30)29-11-9-28(10-12-29)18-7-5-4-6-8-18/h4-8,17H,9-16H2,1-3H3,(H2,24,25,26,27,32). The van der Waals surface area contributed by atoms with E-state index in [2.05, 4.69) is 82.5 Å². The van der Waals surface area contributed by atoms with Crippen LogP contribution in [0.25, 0.3) is 0 Å². The Hall–Kier alpha value is -2.65. The molecule has 0 saturated carbocycles. The maximum Gasteiger partial charge on any atom is 0.232 e. The second-order valence-corrected chi connectivity index (χ2v) is 9.55. The molecule has 1 aromatic carbocycles. The van der Waals surface area contributed by atoms with Gasteiger partial charge in [0.25, 0.3) is 0 Å². The Morgan fingerprint density at radius 2 is 1.44 bits per heavy atom. The van der Waals surface area contributed by atoms with Crippen LogP contribution in [0.4, 0.5) is 23.3 Å². The highest BCUT2D eigenvalue weighted by atomic mass is 32.1. The zero-order valence-corrected chi connectivity index (χ0v) is 20.0. The molecule has 0 aliphatic carbocycles. The Morgan fingerprint density at radius 3 is 2.03 bits per heavy atom. The van der Waals surface area contributed by atoms with Crippen molar-refractivity contribution in [3.63, 3.8) is 0 Å². The van der Waals surface area contributed by atoms with Gasteiger partial charge in [0.15, 0.2) is 5.11 Å². The number of anilines is 4. The number of nitrogens with one attached hydrogen (secondary N) is 2. The van der Waals surface area contributed by atoms with Gasteiger partial charge in [-0.3, -0.25) is 0 Å². The molecule has 1 aromatic heterocycles. The molecule has 0 spiro atoms. The van der Waals surface area contributed by atoms with E-state index >= 15 is 0 Å². The number of hydrogen-bond donors (Lipinski definition) is 2. The van der Waals surface area contributed by atoms with Crippen LogP contribution in [0, 0.1) is 0 Å². The molecule has 0 unspecified atom stereocenters. The number of thiocarbonyl (C=S) groups is 1. The molecular formula is C23H33N7OS. The fourth-order valence-corrected chi connectivity index (χ4v) is 4.30. The van der Waals surface area contributed by atoms with Crippen LogP contribution >= 0.6 is 12.2 Å². The van der Waals surface area contributed by atoms with Crippen LogP contribution < -0.4 is 25.3 Å². The number of aromatic nitrogens is 2. The van der Waals surface area contributed by atoms with E-state index in [4.69, 9.17) is 26.9 Å². The van der Waals surface area contributed by atoms with Crippen LogP contribution in [-0.2, 0) is 4.74 Å². The highest BCUT2D eigenvalue weighted by molar-refractivity contribution is 7.80. The van der Waals surface area contributed by atoms with Crippen molar-refractivity contribution in [3.05, 3.63) is 36.4 Å². The molecule has 2 fully saturated rings. The normalized spacial score (nSPS) is 17.3. The number of hydrogen-bond acceptors (Lipinski definition) is 7. The van der Waals surface area contributed by atoms with E-state index in [-0.39, 0.29) is 5.54 Å². The molecule has 0 bridgehead atoms. The molecule has 2 N–H and O–H groups in total. The van der Waals surface area contributed by atoms with Gasteiger partial charge in [0.05, 0.1) is 13.2 Å². The molecule has 2 aliphatic heterocycles. The number of nitrogens with zero attached hydrogens (tertiary/aromatic N) is 5. The van der Waals surface area contributed by atoms with Crippen molar-refractivity contribution in [2.75, 3.05) is 72.5 Å². The van der Waals surface area contributed by atoms with Crippen LogP contribution in [0.15, 0.2) is 36.4 Å². The Kier molecular flexibility index (Phi) is 6.95. The highest BCUT2D eigenvalue weighted by Crippen LogP contribution is 2.24. The van der Waals surface area contributed by atoms with Gasteiger partial charge >= 0.3 is 0 Å². The van der Waals surface area contributed by atoms with E-state index in [0.717, 1.165) is 50.9 Å². The summed E-state index contributed by atoms with van der Waals surface area (Å²) in [5, 5.41) is 7.00. The lowest BCUT2D eigenvalue weighted by Gasteiger charge is -2.37. The maximum absolute atomic E-state index is 5.52. The molecular weight excluding hydrogens is 422 g/mol. The summed E-state index contributed by atoms with van der Waals surface area (Å²) in [7, 11) is 0. The molecule has 32 heavy (non-hydrogen) atoms. The average molecular weight is 456 g/mol. The lowest BCUT2D eigenvalue weighted by Crippen LogP contribution is -2.47. The van der Waals surface area contributed by atoms with Crippen molar-refractivity contribution in [3.8, 4) is 0 Å².